The van der Waals surface area contributed by atoms with E-state index < -0.39 is 11.9 Å². The van der Waals surface area contributed by atoms with E-state index in [4.69, 9.17) is 0 Å². The monoisotopic (exact) mass is 368 g/mol. The third-order valence-corrected chi connectivity index (χ3v) is 4.51. The van der Waals surface area contributed by atoms with Crippen LogP contribution in [0.1, 0.15) is 32.1 Å². The first-order valence-corrected chi connectivity index (χ1v) is 8.57. The molecule has 0 aliphatic heterocycles. The lowest BCUT2D eigenvalue weighted by molar-refractivity contribution is 0.0594. The van der Waals surface area contributed by atoms with Crippen molar-refractivity contribution in [1.29, 1.82) is 0 Å². The topological polar surface area (TPSA) is 94.1 Å². The number of hydrogen-bond acceptors (Lipinski definition) is 7. The van der Waals surface area contributed by atoms with Gasteiger partial charge in [0.1, 0.15) is 16.4 Å². The molecule has 3 rings (SSSR count). The van der Waals surface area contributed by atoms with Crippen LogP contribution in [0.2, 0.25) is 0 Å². The fourth-order valence-electron chi connectivity index (χ4n) is 2.38. The number of nitrogens with one attached hydrogen (secondary N) is 1. The van der Waals surface area contributed by atoms with Crippen molar-refractivity contribution in [1.82, 2.24) is 15.2 Å². The minimum absolute atomic E-state index is 0.0633. The van der Waals surface area contributed by atoms with Gasteiger partial charge in [-0.1, -0.05) is 41.2 Å². The average Bonchev–Trinajstić information content (AvgIpc) is 3.09. The summed E-state index contributed by atoms with van der Waals surface area (Å²) in [5.74, 6) is -1.08. The van der Waals surface area contributed by atoms with Gasteiger partial charge in [-0.05, 0) is 31.5 Å². The number of aromatic nitrogens is 3. The predicted molar refractivity (Wildman–Crippen MR) is 98.3 cm³/mol. The molecule has 0 radical (unpaired) electrons. The summed E-state index contributed by atoms with van der Waals surface area (Å²) >= 11 is 1.27. The maximum absolute atomic E-state index is 12.3. The van der Waals surface area contributed by atoms with Gasteiger partial charge >= 0.3 is 5.97 Å². The number of hydrogen-bond donors (Lipinski definition) is 1. The molecule has 0 aliphatic rings. The third kappa shape index (κ3) is 3.75. The normalized spacial score (nSPS) is 10.4. The van der Waals surface area contributed by atoms with Gasteiger partial charge in [0.15, 0.2) is 0 Å². The van der Waals surface area contributed by atoms with E-state index in [1.807, 2.05) is 26.0 Å². The molecule has 1 amide bonds. The van der Waals surface area contributed by atoms with Crippen LogP contribution in [0.15, 0.2) is 36.4 Å². The van der Waals surface area contributed by atoms with Crippen LogP contribution in [-0.2, 0) is 4.74 Å². The number of pyridine rings is 1. The lowest BCUT2D eigenvalue weighted by Gasteiger charge is -2.03. The zero-order valence-electron chi connectivity index (χ0n) is 14.4. The van der Waals surface area contributed by atoms with Gasteiger partial charge in [-0.15, -0.1) is 10.2 Å². The Kier molecular flexibility index (Phi) is 5.04. The zero-order chi connectivity index (χ0) is 18.7. The SMILES string of the molecule is COC(=O)c1cccc(C(=O)Nc2nnc(-c3ccc(C)cc3C)s2)n1. The highest BCUT2D eigenvalue weighted by atomic mass is 32.1. The Hall–Kier alpha value is -3.13. The van der Waals surface area contributed by atoms with Gasteiger partial charge in [0.2, 0.25) is 5.13 Å². The molecule has 132 valence electrons. The molecule has 0 spiro atoms. The van der Waals surface area contributed by atoms with E-state index in [1.54, 1.807) is 6.07 Å². The van der Waals surface area contributed by atoms with Crippen molar-refractivity contribution < 1.29 is 14.3 Å². The molecular formula is C18H16N4O3S. The van der Waals surface area contributed by atoms with Crippen LogP contribution in [0, 0.1) is 13.8 Å². The van der Waals surface area contributed by atoms with Gasteiger partial charge in [-0.3, -0.25) is 10.1 Å². The maximum Gasteiger partial charge on any atom is 0.356 e. The first-order chi connectivity index (χ1) is 12.5. The number of nitrogens with zero attached hydrogens (tertiary/aromatic N) is 3. The summed E-state index contributed by atoms with van der Waals surface area (Å²) < 4.78 is 4.61. The number of rotatable bonds is 4. The number of carbonyl (C=O) groups excluding carboxylic acids is 2. The van der Waals surface area contributed by atoms with Crippen LogP contribution in [0.25, 0.3) is 10.6 Å². The number of anilines is 1. The van der Waals surface area contributed by atoms with Gasteiger partial charge in [-0.25, -0.2) is 9.78 Å². The van der Waals surface area contributed by atoms with Crippen LogP contribution >= 0.6 is 11.3 Å². The van der Waals surface area contributed by atoms with E-state index in [0.717, 1.165) is 11.1 Å². The molecule has 2 heterocycles. The van der Waals surface area contributed by atoms with Crippen molar-refractivity contribution in [3.63, 3.8) is 0 Å². The molecular weight excluding hydrogens is 352 g/mol. The van der Waals surface area contributed by atoms with Crippen LogP contribution in [-0.4, -0.2) is 34.2 Å². The number of esters is 1. The van der Waals surface area contributed by atoms with E-state index in [-0.39, 0.29) is 11.4 Å². The molecule has 1 aromatic carbocycles. The van der Waals surface area contributed by atoms with Gasteiger partial charge in [-0.2, -0.15) is 0 Å². The Morgan fingerprint density at radius 2 is 1.85 bits per heavy atom. The quantitative estimate of drug-likeness (QED) is 0.711. The van der Waals surface area contributed by atoms with Crippen molar-refractivity contribution in [2.24, 2.45) is 0 Å². The smallest absolute Gasteiger partial charge is 0.356 e. The zero-order valence-corrected chi connectivity index (χ0v) is 15.3. The van der Waals surface area contributed by atoms with Crippen molar-refractivity contribution in [2.75, 3.05) is 12.4 Å². The Bertz CT molecular complexity index is 984. The summed E-state index contributed by atoms with van der Waals surface area (Å²) in [6.45, 7) is 4.03. The highest BCUT2D eigenvalue weighted by molar-refractivity contribution is 7.18. The highest BCUT2D eigenvalue weighted by Gasteiger charge is 2.15. The second-order valence-corrected chi connectivity index (χ2v) is 6.56. The van der Waals surface area contributed by atoms with Crippen LogP contribution in [0.4, 0.5) is 5.13 Å². The van der Waals surface area contributed by atoms with Gasteiger partial charge in [0, 0.05) is 5.56 Å². The predicted octanol–water partition coefficient (Wildman–Crippen LogP) is 3.26. The van der Waals surface area contributed by atoms with Crippen molar-refractivity contribution in [2.45, 2.75) is 13.8 Å². The second kappa shape index (κ2) is 7.40. The Morgan fingerprint density at radius 1 is 1.08 bits per heavy atom. The lowest BCUT2D eigenvalue weighted by Crippen LogP contribution is -2.15. The third-order valence-electron chi connectivity index (χ3n) is 3.63. The molecule has 0 atom stereocenters. The molecule has 3 aromatic rings. The Labute approximate surface area is 154 Å². The Balaban J connectivity index is 1.79. The fourth-order valence-corrected chi connectivity index (χ4v) is 3.21. The van der Waals surface area contributed by atoms with Crippen molar-refractivity contribution in [3.05, 3.63) is 58.9 Å². The molecule has 0 bridgehead atoms. The summed E-state index contributed by atoms with van der Waals surface area (Å²) in [7, 11) is 1.26. The second-order valence-electron chi connectivity index (χ2n) is 5.58. The average molecular weight is 368 g/mol. The number of methoxy groups -OCH3 is 1. The van der Waals surface area contributed by atoms with Crippen molar-refractivity contribution in [3.8, 4) is 10.6 Å². The Morgan fingerprint density at radius 3 is 2.58 bits per heavy atom. The molecule has 26 heavy (non-hydrogen) atoms. The van der Waals surface area contributed by atoms with Crippen LogP contribution < -0.4 is 5.32 Å². The van der Waals surface area contributed by atoms with Crippen LogP contribution in [0.5, 0.6) is 0 Å². The van der Waals surface area contributed by atoms with E-state index in [1.165, 1.54) is 36.1 Å². The molecule has 0 fully saturated rings. The first-order valence-electron chi connectivity index (χ1n) is 7.76. The molecule has 7 nitrogen and oxygen atoms in total. The van der Waals surface area contributed by atoms with Crippen molar-refractivity contribution >= 4 is 28.3 Å². The molecule has 0 aliphatic carbocycles. The molecule has 0 saturated heterocycles. The first kappa shape index (κ1) is 17.7. The lowest BCUT2D eigenvalue weighted by atomic mass is 10.1. The van der Waals surface area contributed by atoms with Crippen LogP contribution in [0.3, 0.4) is 0 Å². The highest BCUT2D eigenvalue weighted by Crippen LogP contribution is 2.29. The molecule has 1 N–H and O–H groups in total. The number of ether oxygens (including phenoxy) is 1. The summed E-state index contributed by atoms with van der Waals surface area (Å²) in [6, 6.07) is 10.6. The number of carbonyl (C=O) groups is 2. The molecule has 0 unspecified atom stereocenters. The molecule has 8 heteroatoms. The van der Waals surface area contributed by atoms with Gasteiger partial charge in [0.05, 0.1) is 7.11 Å². The molecule has 0 saturated carbocycles. The van der Waals surface area contributed by atoms with E-state index in [9.17, 15) is 9.59 Å². The minimum atomic E-state index is -0.604. The van der Waals surface area contributed by atoms with E-state index >= 15 is 0 Å². The summed E-state index contributed by atoms with van der Waals surface area (Å²) in [4.78, 5) is 27.9. The van der Waals surface area contributed by atoms with E-state index in [2.05, 4.69) is 31.3 Å². The standard InChI is InChI=1S/C18H16N4O3S/c1-10-7-8-12(11(2)9-10)16-21-22-18(26-16)20-15(23)13-5-4-6-14(19-13)17(24)25-3/h4-9H,1-3H3,(H,20,22,23). The minimum Gasteiger partial charge on any atom is -0.464 e. The van der Waals surface area contributed by atoms with Gasteiger partial charge in [0.25, 0.3) is 5.91 Å². The number of aryl methyl sites for hydroxylation is 2. The summed E-state index contributed by atoms with van der Waals surface area (Å²) in [5.41, 5.74) is 3.39. The summed E-state index contributed by atoms with van der Waals surface area (Å²) in [5, 5.41) is 11.9. The number of benzene rings is 1. The largest absolute Gasteiger partial charge is 0.464 e. The number of amides is 1. The van der Waals surface area contributed by atoms with Gasteiger partial charge < -0.3 is 4.74 Å². The fraction of sp³-hybridized carbons (Fsp3) is 0.167. The maximum atomic E-state index is 12.3. The molecule has 2 aromatic heterocycles. The van der Waals surface area contributed by atoms with E-state index in [0.29, 0.717) is 10.1 Å². The summed E-state index contributed by atoms with van der Waals surface area (Å²) in [6.07, 6.45) is 0.